The molecule has 0 atom stereocenters. The third kappa shape index (κ3) is 3.54. The Morgan fingerprint density at radius 2 is 1.90 bits per heavy atom. The molecule has 1 aliphatic carbocycles. The Kier molecular flexibility index (Phi) is 5.13. The van der Waals surface area contributed by atoms with Crippen molar-refractivity contribution in [2.24, 2.45) is 0 Å². The standard InChI is InChI=1S/C25H24N2O2S/c1-17-8-7-11-19(16-17)29-15-14-27-23(18-9-3-2-4-10-18)26-24-22(25(27)28)20-12-5-6-13-21(20)30-24/h2-4,7-11,16H,5-6,12-15H2,1H3. The highest BCUT2D eigenvalue weighted by Crippen LogP contribution is 2.34. The summed E-state index contributed by atoms with van der Waals surface area (Å²) in [4.78, 5) is 20.8. The molecule has 4 nitrogen and oxygen atoms in total. The quantitative estimate of drug-likeness (QED) is 0.438. The van der Waals surface area contributed by atoms with E-state index in [1.165, 1.54) is 16.9 Å². The Labute approximate surface area is 179 Å². The summed E-state index contributed by atoms with van der Waals surface area (Å²) in [6, 6.07) is 18.0. The van der Waals surface area contributed by atoms with E-state index in [4.69, 9.17) is 9.72 Å². The SMILES string of the molecule is Cc1cccc(OCCn2c(-c3ccccc3)nc3sc4c(c3c2=O)CCCC4)c1. The van der Waals surface area contributed by atoms with Crippen LogP contribution in [-0.4, -0.2) is 16.2 Å². The molecule has 5 heteroatoms. The fourth-order valence-electron chi connectivity index (χ4n) is 4.21. The third-order valence-electron chi connectivity index (χ3n) is 5.68. The zero-order valence-corrected chi connectivity index (χ0v) is 17.9. The number of fused-ring (bicyclic) bond motifs is 3. The van der Waals surface area contributed by atoms with Gasteiger partial charge in [-0.1, -0.05) is 42.5 Å². The van der Waals surface area contributed by atoms with Crippen LogP contribution in [0.3, 0.4) is 0 Å². The smallest absolute Gasteiger partial charge is 0.262 e. The second-order valence-electron chi connectivity index (χ2n) is 7.81. The van der Waals surface area contributed by atoms with Crippen molar-refractivity contribution in [2.45, 2.75) is 39.2 Å². The summed E-state index contributed by atoms with van der Waals surface area (Å²) in [6.07, 6.45) is 4.39. The lowest BCUT2D eigenvalue weighted by atomic mass is 9.97. The molecule has 30 heavy (non-hydrogen) atoms. The van der Waals surface area contributed by atoms with E-state index in [9.17, 15) is 4.79 Å². The Morgan fingerprint density at radius 1 is 1.07 bits per heavy atom. The minimum absolute atomic E-state index is 0.0612. The molecule has 4 aromatic rings. The minimum atomic E-state index is 0.0612. The Hall–Kier alpha value is -2.92. The highest BCUT2D eigenvalue weighted by molar-refractivity contribution is 7.18. The first kappa shape index (κ1) is 19.1. The molecular weight excluding hydrogens is 392 g/mol. The fourth-order valence-corrected chi connectivity index (χ4v) is 5.47. The van der Waals surface area contributed by atoms with Gasteiger partial charge < -0.3 is 4.74 Å². The number of aromatic nitrogens is 2. The van der Waals surface area contributed by atoms with E-state index in [1.54, 1.807) is 15.9 Å². The summed E-state index contributed by atoms with van der Waals surface area (Å²) in [5.41, 5.74) is 3.40. The summed E-state index contributed by atoms with van der Waals surface area (Å²) >= 11 is 1.70. The summed E-state index contributed by atoms with van der Waals surface area (Å²) in [5.74, 6) is 1.55. The van der Waals surface area contributed by atoms with E-state index in [-0.39, 0.29) is 5.56 Å². The summed E-state index contributed by atoms with van der Waals surface area (Å²) in [6.45, 7) is 2.93. The second-order valence-corrected chi connectivity index (χ2v) is 8.90. The van der Waals surface area contributed by atoms with Gasteiger partial charge in [0.05, 0.1) is 11.9 Å². The predicted molar refractivity (Wildman–Crippen MR) is 123 cm³/mol. The Balaban J connectivity index is 1.57. The van der Waals surface area contributed by atoms with E-state index in [1.807, 2.05) is 61.5 Å². The van der Waals surface area contributed by atoms with Gasteiger partial charge in [0, 0.05) is 10.4 Å². The predicted octanol–water partition coefficient (Wildman–Crippen LogP) is 5.39. The molecule has 0 saturated carbocycles. The zero-order valence-electron chi connectivity index (χ0n) is 17.1. The van der Waals surface area contributed by atoms with Crippen molar-refractivity contribution in [3.8, 4) is 17.1 Å². The fraction of sp³-hybridized carbons (Fsp3) is 0.280. The van der Waals surface area contributed by atoms with Gasteiger partial charge in [-0.15, -0.1) is 11.3 Å². The van der Waals surface area contributed by atoms with Gasteiger partial charge in [-0.25, -0.2) is 4.98 Å². The minimum Gasteiger partial charge on any atom is -0.492 e. The van der Waals surface area contributed by atoms with Crippen molar-refractivity contribution in [1.29, 1.82) is 0 Å². The van der Waals surface area contributed by atoms with E-state index >= 15 is 0 Å². The molecule has 0 bridgehead atoms. The largest absolute Gasteiger partial charge is 0.492 e. The van der Waals surface area contributed by atoms with Crippen LogP contribution in [0, 0.1) is 6.92 Å². The van der Waals surface area contributed by atoms with Crippen molar-refractivity contribution < 1.29 is 4.74 Å². The van der Waals surface area contributed by atoms with E-state index in [0.29, 0.717) is 13.2 Å². The molecule has 0 amide bonds. The highest BCUT2D eigenvalue weighted by Gasteiger charge is 2.22. The van der Waals surface area contributed by atoms with Crippen LogP contribution in [0.1, 0.15) is 28.8 Å². The molecule has 0 unspecified atom stereocenters. The molecule has 0 fully saturated rings. The second kappa shape index (κ2) is 8.07. The maximum absolute atomic E-state index is 13.6. The number of ether oxygens (including phenoxy) is 1. The van der Waals surface area contributed by atoms with Crippen LogP contribution in [0.15, 0.2) is 59.4 Å². The van der Waals surface area contributed by atoms with Crippen LogP contribution in [0.4, 0.5) is 0 Å². The summed E-state index contributed by atoms with van der Waals surface area (Å²) in [5, 5.41) is 0.824. The van der Waals surface area contributed by atoms with Crippen molar-refractivity contribution >= 4 is 21.6 Å². The Bertz CT molecular complexity index is 1260. The van der Waals surface area contributed by atoms with Crippen LogP contribution in [0.5, 0.6) is 5.75 Å². The van der Waals surface area contributed by atoms with Crippen LogP contribution in [0.25, 0.3) is 21.6 Å². The van der Waals surface area contributed by atoms with Crippen molar-refractivity contribution in [1.82, 2.24) is 9.55 Å². The molecule has 1 aliphatic rings. The summed E-state index contributed by atoms with van der Waals surface area (Å²) < 4.78 is 7.76. The van der Waals surface area contributed by atoms with Crippen LogP contribution in [0.2, 0.25) is 0 Å². The molecule has 0 aliphatic heterocycles. The average molecular weight is 417 g/mol. The number of rotatable bonds is 5. The number of benzene rings is 2. The highest BCUT2D eigenvalue weighted by atomic mass is 32.1. The van der Waals surface area contributed by atoms with Crippen LogP contribution >= 0.6 is 11.3 Å². The van der Waals surface area contributed by atoms with E-state index in [2.05, 4.69) is 0 Å². The molecule has 2 aromatic carbocycles. The first-order chi connectivity index (χ1) is 14.7. The van der Waals surface area contributed by atoms with Crippen LogP contribution < -0.4 is 10.3 Å². The average Bonchev–Trinajstić information content (AvgIpc) is 3.14. The van der Waals surface area contributed by atoms with Crippen LogP contribution in [-0.2, 0) is 19.4 Å². The van der Waals surface area contributed by atoms with Gasteiger partial charge >= 0.3 is 0 Å². The van der Waals surface area contributed by atoms with Gasteiger partial charge in [0.25, 0.3) is 5.56 Å². The van der Waals surface area contributed by atoms with Crippen molar-refractivity contribution in [3.63, 3.8) is 0 Å². The molecule has 0 saturated heterocycles. The summed E-state index contributed by atoms with van der Waals surface area (Å²) in [7, 11) is 0. The Morgan fingerprint density at radius 3 is 2.73 bits per heavy atom. The third-order valence-corrected chi connectivity index (χ3v) is 6.87. The lowest BCUT2D eigenvalue weighted by molar-refractivity contribution is 0.297. The van der Waals surface area contributed by atoms with Gasteiger partial charge in [-0.05, 0) is 55.9 Å². The number of hydrogen-bond donors (Lipinski definition) is 0. The molecule has 152 valence electrons. The van der Waals surface area contributed by atoms with Gasteiger partial charge in [0.15, 0.2) is 0 Å². The maximum Gasteiger partial charge on any atom is 0.262 e. The first-order valence-electron chi connectivity index (χ1n) is 10.5. The van der Waals surface area contributed by atoms with Gasteiger partial charge in [-0.3, -0.25) is 9.36 Å². The lowest BCUT2D eigenvalue weighted by Gasteiger charge is -2.15. The molecule has 0 radical (unpaired) electrons. The van der Waals surface area contributed by atoms with E-state index < -0.39 is 0 Å². The molecule has 0 spiro atoms. The topological polar surface area (TPSA) is 44.1 Å². The maximum atomic E-state index is 13.6. The normalized spacial score (nSPS) is 13.4. The van der Waals surface area contributed by atoms with Gasteiger partial charge in [-0.2, -0.15) is 0 Å². The van der Waals surface area contributed by atoms with Gasteiger partial charge in [0.2, 0.25) is 0 Å². The number of nitrogens with zero attached hydrogens (tertiary/aromatic N) is 2. The number of aryl methyl sites for hydroxylation is 3. The first-order valence-corrected chi connectivity index (χ1v) is 11.3. The monoisotopic (exact) mass is 416 g/mol. The number of hydrogen-bond acceptors (Lipinski definition) is 4. The van der Waals surface area contributed by atoms with Gasteiger partial charge in [0.1, 0.15) is 23.0 Å². The number of thiophene rings is 1. The molecule has 5 rings (SSSR count). The molecule has 2 heterocycles. The van der Waals surface area contributed by atoms with E-state index in [0.717, 1.165) is 52.2 Å². The molecule has 0 N–H and O–H groups in total. The molecule has 2 aromatic heterocycles. The molecular formula is C25H24N2O2S. The van der Waals surface area contributed by atoms with Crippen molar-refractivity contribution in [3.05, 3.63) is 81.0 Å². The zero-order chi connectivity index (χ0) is 20.5. The van der Waals surface area contributed by atoms with Crippen molar-refractivity contribution in [2.75, 3.05) is 6.61 Å². The lowest BCUT2D eigenvalue weighted by Crippen LogP contribution is -2.26.